The van der Waals surface area contributed by atoms with Crippen LogP contribution in [-0.4, -0.2) is 48.9 Å². The second-order valence-corrected chi connectivity index (χ2v) is 6.54. The molecule has 0 spiro atoms. The molecule has 7 nitrogen and oxygen atoms in total. The maximum Gasteiger partial charge on any atom is 0.274 e. The molecule has 1 aromatic carbocycles. The second-order valence-electron chi connectivity index (χ2n) is 6.54. The predicted molar refractivity (Wildman–Crippen MR) is 95.7 cm³/mol. The van der Waals surface area contributed by atoms with Gasteiger partial charge in [-0.3, -0.25) is 4.79 Å². The quantitative estimate of drug-likeness (QED) is 0.722. The highest BCUT2D eigenvalue weighted by Gasteiger charge is 2.24. The number of benzene rings is 1. The Labute approximate surface area is 151 Å². The average molecular weight is 348 g/mol. The molecule has 1 aliphatic heterocycles. The van der Waals surface area contributed by atoms with Gasteiger partial charge < -0.3 is 4.90 Å². The zero-order chi connectivity index (χ0) is 17.8. The summed E-state index contributed by atoms with van der Waals surface area (Å²) in [6, 6.07) is 14.0. The third-order valence-corrected chi connectivity index (χ3v) is 4.79. The Bertz CT molecular complexity index is 840. The lowest BCUT2D eigenvalue weighted by molar-refractivity contribution is 0.0683. The molecule has 26 heavy (non-hydrogen) atoms. The highest BCUT2D eigenvalue weighted by molar-refractivity contribution is 5.92. The zero-order valence-corrected chi connectivity index (χ0v) is 14.4. The number of amides is 1. The number of piperidine rings is 1. The maximum absolute atomic E-state index is 12.7. The molecule has 3 heterocycles. The summed E-state index contributed by atoms with van der Waals surface area (Å²) in [5.74, 6) is 1.11. The monoisotopic (exact) mass is 348 g/mol. The molecule has 1 fully saturated rings. The number of carbonyl (C=O) groups excluding carboxylic acids is 1. The fourth-order valence-corrected chi connectivity index (χ4v) is 3.34. The van der Waals surface area contributed by atoms with Crippen molar-refractivity contribution in [3.8, 4) is 5.82 Å². The van der Waals surface area contributed by atoms with E-state index in [1.807, 2.05) is 11.0 Å². The summed E-state index contributed by atoms with van der Waals surface area (Å²) in [5, 5.41) is 12.1. The number of rotatable bonds is 4. The molecule has 0 unspecified atom stereocenters. The number of hydrogen-bond donors (Lipinski definition) is 0. The van der Waals surface area contributed by atoms with Gasteiger partial charge in [0.2, 0.25) is 0 Å². The smallest absolute Gasteiger partial charge is 0.274 e. The summed E-state index contributed by atoms with van der Waals surface area (Å²) in [5.41, 5.74) is 1.74. The molecule has 0 radical (unpaired) electrons. The summed E-state index contributed by atoms with van der Waals surface area (Å²) < 4.78 is 1.51. The number of likely N-dealkylation sites (tertiary alicyclic amines) is 1. The lowest BCUT2D eigenvalue weighted by Crippen LogP contribution is -2.39. The van der Waals surface area contributed by atoms with Crippen LogP contribution in [0.25, 0.3) is 5.82 Å². The van der Waals surface area contributed by atoms with Crippen LogP contribution in [0.3, 0.4) is 0 Å². The van der Waals surface area contributed by atoms with E-state index in [1.54, 1.807) is 18.5 Å². The van der Waals surface area contributed by atoms with Gasteiger partial charge >= 0.3 is 0 Å². The minimum Gasteiger partial charge on any atom is -0.337 e. The first-order valence-corrected chi connectivity index (χ1v) is 8.81. The van der Waals surface area contributed by atoms with Crippen molar-refractivity contribution in [2.24, 2.45) is 5.92 Å². The molecule has 0 N–H and O–H groups in total. The van der Waals surface area contributed by atoms with E-state index in [-0.39, 0.29) is 5.91 Å². The van der Waals surface area contributed by atoms with E-state index in [1.165, 1.54) is 16.6 Å². The Kier molecular flexibility index (Phi) is 4.68. The van der Waals surface area contributed by atoms with Gasteiger partial charge in [-0.1, -0.05) is 30.3 Å². The van der Waals surface area contributed by atoms with Gasteiger partial charge in [-0.15, -0.1) is 10.2 Å². The largest absolute Gasteiger partial charge is 0.337 e. The van der Waals surface area contributed by atoms with Gasteiger partial charge in [-0.05, 0) is 42.9 Å². The molecule has 0 atom stereocenters. The standard InChI is InChI=1S/C19H20N6O/c26-19(17-6-7-18(23-22-17)25-14-20-13-21-25)24-10-8-16(9-11-24)12-15-4-2-1-3-5-15/h1-7,13-14,16H,8-12H2. The Hall–Kier alpha value is -3.09. The first-order valence-electron chi connectivity index (χ1n) is 8.81. The van der Waals surface area contributed by atoms with Crippen LogP contribution in [0.15, 0.2) is 55.1 Å². The van der Waals surface area contributed by atoms with Crippen LogP contribution in [0.5, 0.6) is 0 Å². The molecule has 0 bridgehead atoms. The van der Waals surface area contributed by atoms with Crippen LogP contribution >= 0.6 is 0 Å². The van der Waals surface area contributed by atoms with Gasteiger partial charge in [0.1, 0.15) is 12.7 Å². The fraction of sp³-hybridized carbons (Fsp3) is 0.316. The Morgan fingerprint density at radius 1 is 1.04 bits per heavy atom. The minimum atomic E-state index is -0.0548. The van der Waals surface area contributed by atoms with E-state index in [9.17, 15) is 4.79 Å². The Morgan fingerprint density at radius 2 is 1.85 bits per heavy atom. The maximum atomic E-state index is 12.7. The third-order valence-electron chi connectivity index (χ3n) is 4.79. The number of aromatic nitrogens is 5. The lowest BCUT2D eigenvalue weighted by atomic mass is 9.90. The molecule has 3 aromatic rings. The molecule has 4 rings (SSSR count). The molecule has 0 saturated carbocycles. The van der Waals surface area contributed by atoms with Crippen molar-refractivity contribution in [2.45, 2.75) is 19.3 Å². The van der Waals surface area contributed by atoms with Crippen molar-refractivity contribution in [2.75, 3.05) is 13.1 Å². The average Bonchev–Trinajstić information content (AvgIpc) is 3.24. The van der Waals surface area contributed by atoms with Crippen molar-refractivity contribution in [1.29, 1.82) is 0 Å². The van der Waals surface area contributed by atoms with Gasteiger partial charge in [0, 0.05) is 13.1 Å². The van der Waals surface area contributed by atoms with Crippen molar-refractivity contribution in [3.05, 3.63) is 66.4 Å². The van der Waals surface area contributed by atoms with E-state index >= 15 is 0 Å². The van der Waals surface area contributed by atoms with Crippen LogP contribution < -0.4 is 0 Å². The van der Waals surface area contributed by atoms with Crippen LogP contribution in [0.2, 0.25) is 0 Å². The molecular weight excluding hydrogens is 328 g/mol. The molecule has 1 aliphatic rings. The summed E-state index contributed by atoms with van der Waals surface area (Å²) in [6.45, 7) is 1.53. The highest BCUT2D eigenvalue weighted by atomic mass is 16.2. The molecule has 2 aromatic heterocycles. The minimum absolute atomic E-state index is 0.0548. The fourth-order valence-electron chi connectivity index (χ4n) is 3.34. The summed E-state index contributed by atoms with van der Waals surface area (Å²) in [6.07, 6.45) is 6.09. The number of hydrogen-bond acceptors (Lipinski definition) is 5. The van der Waals surface area contributed by atoms with Gasteiger partial charge in [-0.25, -0.2) is 9.67 Å². The van der Waals surface area contributed by atoms with E-state index in [2.05, 4.69) is 44.5 Å². The predicted octanol–water partition coefficient (Wildman–Crippen LogP) is 2.15. The van der Waals surface area contributed by atoms with Crippen LogP contribution in [-0.2, 0) is 6.42 Å². The van der Waals surface area contributed by atoms with E-state index in [0.717, 1.165) is 32.4 Å². The zero-order valence-electron chi connectivity index (χ0n) is 14.4. The first kappa shape index (κ1) is 16.4. The molecule has 1 amide bonds. The van der Waals surface area contributed by atoms with Crippen LogP contribution in [0.1, 0.15) is 28.9 Å². The SMILES string of the molecule is O=C(c1ccc(-n2cncn2)nn1)N1CCC(Cc2ccccc2)CC1. The van der Waals surface area contributed by atoms with Gasteiger partial charge in [0.05, 0.1) is 0 Å². The van der Waals surface area contributed by atoms with Crippen molar-refractivity contribution in [1.82, 2.24) is 29.9 Å². The number of nitrogens with zero attached hydrogens (tertiary/aromatic N) is 6. The van der Waals surface area contributed by atoms with Gasteiger partial charge in [0.25, 0.3) is 5.91 Å². The van der Waals surface area contributed by atoms with Crippen molar-refractivity contribution >= 4 is 5.91 Å². The Morgan fingerprint density at radius 3 is 2.50 bits per heavy atom. The third kappa shape index (κ3) is 3.61. The molecule has 132 valence electrons. The summed E-state index contributed by atoms with van der Waals surface area (Å²) in [7, 11) is 0. The van der Waals surface area contributed by atoms with Crippen LogP contribution in [0.4, 0.5) is 0 Å². The normalized spacial score (nSPS) is 15.2. The van der Waals surface area contributed by atoms with Crippen LogP contribution in [0, 0.1) is 5.92 Å². The number of carbonyl (C=O) groups is 1. The highest BCUT2D eigenvalue weighted by Crippen LogP contribution is 2.22. The molecule has 1 saturated heterocycles. The van der Waals surface area contributed by atoms with E-state index in [0.29, 0.717) is 17.4 Å². The van der Waals surface area contributed by atoms with Gasteiger partial charge in [0.15, 0.2) is 11.5 Å². The lowest BCUT2D eigenvalue weighted by Gasteiger charge is -2.31. The second kappa shape index (κ2) is 7.43. The van der Waals surface area contributed by atoms with Gasteiger partial charge in [-0.2, -0.15) is 5.10 Å². The van der Waals surface area contributed by atoms with Crippen molar-refractivity contribution < 1.29 is 4.79 Å². The van der Waals surface area contributed by atoms with Crippen molar-refractivity contribution in [3.63, 3.8) is 0 Å². The first-order chi connectivity index (χ1) is 12.8. The molecular formula is C19H20N6O. The Balaban J connectivity index is 1.34. The summed E-state index contributed by atoms with van der Waals surface area (Å²) >= 11 is 0. The molecule has 0 aliphatic carbocycles. The topological polar surface area (TPSA) is 76.8 Å². The molecule has 7 heteroatoms. The van der Waals surface area contributed by atoms with E-state index in [4.69, 9.17) is 0 Å². The summed E-state index contributed by atoms with van der Waals surface area (Å²) in [4.78, 5) is 18.4. The van der Waals surface area contributed by atoms with E-state index < -0.39 is 0 Å².